The maximum absolute atomic E-state index is 8.90. The summed E-state index contributed by atoms with van der Waals surface area (Å²) in [5.41, 5.74) is 0.264. The summed E-state index contributed by atoms with van der Waals surface area (Å²) in [7, 11) is 1.95. The smallest absolute Gasteiger partial charge is 0.161 e. The Morgan fingerprint density at radius 2 is 2.32 bits per heavy atom. The van der Waals surface area contributed by atoms with E-state index in [4.69, 9.17) is 16.9 Å². The molecular formula is C13H14ClN5. The Bertz CT molecular complexity index is 573. The van der Waals surface area contributed by atoms with Crippen molar-refractivity contribution in [3.63, 3.8) is 0 Å². The molecule has 0 saturated heterocycles. The molecule has 5 nitrogen and oxygen atoms in total. The van der Waals surface area contributed by atoms with Crippen LogP contribution in [-0.4, -0.2) is 28.1 Å². The van der Waals surface area contributed by atoms with Crippen molar-refractivity contribution in [2.45, 2.75) is 13.0 Å². The summed E-state index contributed by atoms with van der Waals surface area (Å²) < 4.78 is 2.03. The Morgan fingerprint density at radius 1 is 1.47 bits per heavy atom. The molecule has 0 amide bonds. The van der Waals surface area contributed by atoms with Gasteiger partial charge in [-0.05, 0) is 18.6 Å². The molecule has 19 heavy (non-hydrogen) atoms. The zero-order chi connectivity index (χ0) is 13.7. The summed E-state index contributed by atoms with van der Waals surface area (Å²) in [4.78, 5) is 10.2. The summed E-state index contributed by atoms with van der Waals surface area (Å²) >= 11 is 5.86. The zero-order valence-electron chi connectivity index (χ0n) is 10.6. The summed E-state index contributed by atoms with van der Waals surface area (Å²) in [6.45, 7) is 1.75. The molecule has 0 bridgehead atoms. The van der Waals surface area contributed by atoms with Crippen LogP contribution in [-0.2, 0) is 6.54 Å². The number of rotatable bonds is 5. The molecule has 2 aromatic heterocycles. The number of nitriles is 1. The van der Waals surface area contributed by atoms with Crippen molar-refractivity contribution in [3.05, 3.63) is 41.6 Å². The first-order chi connectivity index (χ1) is 9.20. The van der Waals surface area contributed by atoms with E-state index >= 15 is 0 Å². The van der Waals surface area contributed by atoms with Crippen LogP contribution in [0.4, 0.5) is 5.82 Å². The van der Waals surface area contributed by atoms with Crippen LogP contribution in [0.2, 0.25) is 5.02 Å². The molecule has 0 spiro atoms. The average molecular weight is 276 g/mol. The summed E-state index contributed by atoms with van der Waals surface area (Å²) in [5, 5.41) is 9.29. The van der Waals surface area contributed by atoms with Crippen molar-refractivity contribution in [1.29, 1.82) is 5.26 Å². The molecule has 2 rings (SSSR count). The first-order valence-corrected chi connectivity index (χ1v) is 6.32. The number of hydrogen-bond donors (Lipinski definition) is 0. The number of pyridine rings is 1. The Kier molecular flexibility index (Phi) is 4.37. The molecular weight excluding hydrogens is 262 g/mol. The van der Waals surface area contributed by atoms with Gasteiger partial charge in [-0.15, -0.1) is 0 Å². The fourth-order valence-electron chi connectivity index (χ4n) is 1.75. The van der Waals surface area contributed by atoms with Crippen LogP contribution < -0.4 is 4.90 Å². The lowest BCUT2D eigenvalue weighted by Gasteiger charge is -2.18. The lowest BCUT2D eigenvalue weighted by Crippen LogP contribution is -2.21. The van der Waals surface area contributed by atoms with Gasteiger partial charge in [0.25, 0.3) is 0 Å². The first-order valence-electron chi connectivity index (χ1n) is 5.94. The minimum atomic E-state index is 0.264. The molecule has 0 aliphatic carbocycles. The van der Waals surface area contributed by atoms with Crippen LogP contribution in [0.15, 0.2) is 30.9 Å². The highest BCUT2D eigenvalue weighted by Gasteiger charge is 2.06. The van der Waals surface area contributed by atoms with E-state index in [1.165, 1.54) is 0 Å². The van der Waals surface area contributed by atoms with Gasteiger partial charge < -0.3 is 9.47 Å². The van der Waals surface area contributed by atoms with E-state index in [1.54, 1.807) is 18.6 Å². The fraction of sp³-hybridized carbons (Fsp3) is 0.308. The second-order valence-corrected chi connectivity index (χ2v) is 4.59. The van der Waals surface area contributed by atoms with Gasteiger partial charge in [0, 0.05) is 32.5 Å². The van der Waals surface area contributed by atoms with Crippen molar-refractivity contribution in [2.24, 2.45) is 0 Å². The van der Waals surface area contributed by atoms with Crippen LogP contribution >= 0.6 is 11.6 Å². The van der Waals surface area contributed by atoms with Gasteiger partial charge in [0.05, 0.1) is 11.3 Å². The average Bonchev–Trinajstić information content (AvgIpc) is 2.92. The minimum Gasteiger partial charge on any atom is -0.360 e. The van der Waals surface area contributed by atoms with Gasteiger partial charge in [-0.3, -0.25) is 0 Å². The highest BCUT2D eigenvalue weighted by atomic mass is 35.5. The largest absolute Gasteiger partial charge is 0.360 e. The number of aromatic nitrogens is 3. The lowest BCUT2D eigenvalue weighted by molar-refractivity contribution is 0.635. The van der Waals surface area contributed by atoms with E-state index < -0.39 is 0 Å². The molecule has 0 radical (unpaired) electrons. The number of anilines is 1. The third-order valence-electron chi connectivity index (χ3n) is 2.80. The van der Waals surface area contributed by atoms with Crippen molar-refractivity contribution in [2.75, 3.05) is 18.5 Å². The Balaban J connectivity index is 1.92. The van der Waals surface area contributed by atoms with Gasteiger partial charge in [-0.2, -0.15) is 5.26 Å². The minimum absolute atomic E-state index is 0.264. The normalized spacial score (nSPS) is 10.2. The van der Waals surface area contributed by atoms with Crippen molar-refractivity contribution < 1.29 is 0 Å². The number of imidazole rings is 1. The van der Waals surface area contributed by atoms with E-state index in [1.807, 2.05) is 34.8 Å². The molecule has 0 saturated carbocycles. The number of aryl methyl sites for hydroxylation is 1. The molecule has 2 aromatic rings. The third-order valence-corrected chi connectivity index (χ3v) is 3.10. The van der Waals surface area contributed by atoms with Crippen molar-refractivity contribution in [3.8, 4) is 6.07 Å². The molecule has 6 heteroatoms. The van der Waals surface area contributed by atoms with Crippen LogP contribution in [0, 0.1) is 11.3 Å². The van der Waals surface area contributed by atoms with Gasteiger partial charge >= 0.3 is 0 Å². The number of nitrogens with zero attached hydrogens (tertiary/aromatic N) is 5. The topological polar surface area (TPSA) is 57.7 Å². The predicted octanol–water partition coefficient (Wildman–Crippen LogP) is 2.33. The second-order valence-electron chi connectivity index (χ2n) is 4.19. The van der Waals surface area contributed by atoms with E-state index in [0.29, 0.717) is 5.02 Å². The third kappa shape index (κ3) is 3.46. The Labute approximate surface area is 117 Å². The van der Waals surface area contributed by atoms with Crippen LogP contribution in [0.1, 0.15) is 12.1 Å². The molecule has 0 atom stereocenters. The van der Waals surface area contributed by atoms with E-state index in [0.717, 1.165) is 25.3 Å². The SMILES string of the molecule is CN(CCCn1ccnc1)c1ccc(Cl)c(C#N)n1. The summed E-state index contributed by atoms with van der Waals surface area (Å²) in [6.07, 6.45) is 6.48. The summed E-state index contributed by atoms with van der Waals surface area (Å²) in [5.74, 6) is 0.756. The molecule has 2 heterocycles. The number of hydrogen-bond acceptors (Lipinski definition) is 4. The quantitative estimate of drug-likeness (QED) is 0.840. The molecule has 0 unspecified atom stereocenters. The number of halogens is 1. The van der Waals surface area contributed by atoms with E-state index in [2.05, 4.69) is 9.97 Å². The Morgan fingerprint density at radius 3 is 3.00 bits per heavy atom. The Hall–Kier alpha value is -2.06. The zero-order valence-corrected chi connectivity index (χ0v) is 11.4. The van der Waals surface area contributed by atoms with Crippen LogP contribution in [0.25, 0.3) is 0 Å². The van der Waals surface area contributed by atoms with Gasteiger partial charge in [0.2, 0.25) is 0 Å². The van der Waals surface area contributed by atoms with E-state index in [-0.39, 0.29) is 5.69 Å². The molecule has 0 fully saturated rings. The van der Waals surface area contributed by atoms with Gasteiger partial charge in [0.15, 0.2) is 5.69 Å². The standard InChI is InChI=1S/C13H14ClN5/c1-18(6-2-7-19-8-5-16-10-19)13-4-3-11(14)12(9-15)17-13/h3-5,8,10H,2,6-7H2,1H3. The first kappa shape index (κ1) is 13.4. The molecule has 98 valence electrons. The molecule has 0 N–H and O–H groups in total. The maximum atomic E-state index is 8.90. The van der Waals surface area contributed by atoms with Gasteiger partial charge in [0.1, 0.15) is 11.9 Å². The second kappa shape index (κ2) is 6.21. The molecule has 0 aliphatic heterocycles. The monoisotopic (exact) mass is 275 g/mol. The van der Waals surface area contributed by atoms with Crippen molar-refractivity contribution in [1.82, 2.24) is 14.5 Å². The summed E-state index contributed by atoms with van der Waals surface area (Å²) in [6, 6.07) is 5.51. The van der Waals surface area contributed by atoms with E-state index in [9.17, 15) is 0 Å². The van der Waals surface area contributed by atoms with Crippen LogP contribution in [0.5, 0.6) is 0 Å². The van der Waals surface area contributed by atoms with Gasteiger partial charge in [-0.1, -0.05) is 11.6 Å². The highest BCUT2D eigenvalue weighted by molar-refractivity contribution is 6.31. The van der Waals surface area contributed by atoms with Crippen molar-refractivity contribution >= 4 is 17.4 Å². The fourth-order valence-corrected chi connectivity index (χ4v) is 1.89. The predicted molar refractivity (Wildman–Crippen MR) is 74.1 cm³/mol. The molecule has 0 aromatic carbocycles. The molecule has 0 aliphatic rings. The maximum Gasteiger partial charge on any atom is 0.161 e. The van der Waals surface area contributed by atoms with Gasteiger partial charge in [-0.25, -0.2) is 9.97 Å². The lowest BCUT2D eigenvalue weighted by atomic mass is 10.3. The van der Waals surface area contributed by atoms with Crippen LogP contribution in [0.3, 0.4) is 0 Å². The highest BCUT2D eigenvalue weighted by Crippen LogP contribution is 2.17.